The van der Waals surface area contributed by atoms with Crippen LogP contribution in [-0.4, -0.2) is 22.6 Å². The molecule has 0 atom stereocenters. The lowest BCUT2D eigenvalue weighted by Crippen LogP contribution is -3.00. The molecule has 0 aliphatic heterocycles. The van der Waals surface area contributed by atoms with Crippen LogP contribution < -0.4 is 26.4 Å². The first kappa shape index (κ1) is 21.1. The van der Waals surface area contributed by atoms with Crippen LogP contribution in [0, 0.1) is 0 Å². The standard InChI is InChI=1S/C21H23N6S.BrH/c1-3-27(15-14-26-13-12-25(2)16-26)18-10-8-17(9-11-18)23-24-21-22-19-6-4-5-7-20(19)28-21;/h4-13,16H,3,14-15H2,1-2H3;1H/q+1;/p-1. The molecule has 0 saturated carbocycles. The molecule has 2 aromatic carbocycles. The molecule has 0 amide bonds. The van der Waals surface area contributed by atoms with E-state index in [0.717, 1.165) is 35.5 Å². The molecule has 0 aliphatic carbocycles. The topological polar surface area (TPSA) is 49.7 Å². The van der Waals surface area contributed by atoms with Crippen LogP contribution in [0.1, 0.15) is 6.92 Å². The molecule has 0 aliphatic rings. The molecule has 4 rings (SSSR count). The third-order valence-electron chi connectivity index (χ3n) is 4.58. The summed E-state index contributed by atoms with van der Waals surface area (Å²) in [5.74, 6) is 0. The normalized spacial score (nSPS) is 11.1. The summed E-state index contributed by atoms with van der Waals surface area (Å²) in [5.41, 5.74) is 2.99. The fourth-order valence-electron chi connectivity index (χ4n) is 3.07. The van der Waals surface area contributed by atoms with Crippen LogP contribution in [0.5, 0.6) is 0 Å². The lowest BCUT2D eigenvalue weighted by Gasteiger charge is -2.22. The Balaban J connectivity index is 0.00000240. The van der Waals surface area contributed by atoms with Crippen molar-refractivity contribution < 1.29 is 21.5 Å². The molecule has 8 heteroatoms. The van der Waals surface area contributed by atoms with E-state index in [4.69, 9.17) is 0 Å². The zero-order valence-corrected chi connectivity index (χ0v) is 18.8. The van der Waals surface area contributed by atoms with Gasteiger partial charge in [0, 0.05) is 12.2 Å². The Labute approximate surface area is 184 Å². The predicted octanol–water partition coefficient (Wildman–Crippen LogP) is 1.87. The first-order chi connectivity index (χ1) is 13.7. The minimum atomic E-state index is 0. The molecular formula is C21H23BrN6S. The third-order valence-corrected chi connectivity index (χ3v) is 5.50. The van der Waals surface area contributed by atoms with Crippen LogP contribution in [0.2, 0.25) is 0 Å². The van der Waals surface area contributed by atoms with E-state index >= 15 is 0 Å². The highest BCUT2D eigenvalue weighted by atomic mass is 79.9. The second-order valence-electron chi connectivity index (χ2n) is 6.58. The van der Waals surface area contributed by atoms with E-state index in [1.54, 1.807) is 11.3 Å². The first-order valence-corrected chi connectivity index (χ1v) is 10.2. The molecule has 2 heterocycles. The maximum atomic E-state index is 4.49. The van der Waals surface area contributed by atoms with Gasteiger partial charge in [-0.05, 0) is 43.3 Å². The summed E-state index contributed by atoms with van der Waals surface area (Å²) in [6.45, 7) is 5.04. The SMILES string of the molecule is CCN(CCn1cc[n+](C)c1)c1ccc(N=Nc2nc3ccccc3s2)cc1.[Br-]. The molecule has 0 fully saturated rings. The summed E-state index contributed by atoms with van der Waals surface area (Å²) < 4.78 is 5.38. The highest BCUT2D eigenvalue weighted by Crippen LogP contribution is 2.29. The average molecular weight is 471 g/mol. The second kappa shape index (κ2) is 9.76. The van der Waals surface area contributed by atoms with Gasteiger partial charge in [-0.2, -0.15) is 0 Å². The molecule has 150 valence electrons. The highest BCUT2D eigenvalue weighted by molar-refractivity contribution is 7.21. The van der Waals surface area contributed by atoms with Crippen molar-refractivity contribution in [3.8, 4) is 0 Å². The fourth-order valence-corrected chi connectivity index (χ4v) is 3.86. The number of azo groups is 1. The number of anilines is 1. The number of aryl methyl sites for hydroxylation is 1. The molecule has 0 spiro atoms. The van der Waals surface area contributed by atoms with Gasteiger partial charge in [-0.25, -0.2) is 14.1 Å². The second-order valence-corrected chi connectivity index (χ2v) is 7.59. The summed E-state index contributed by atoms with van der Waals surface area (Å²) in [4.78, 5) is 6.84. The number of hydrogen-bond donors (Lipinski definition) is 0. The number of nitrogens with zero attached hydrogens (tertiary/aromatic N) is 6. The van der Waals surface area contributed by atoms with Crippen molar-refractivity contribution in [1.82, 2.24) is 9.55 Å². The van der Waals surface area contributed by atoms with E-state index in [-0.39, 0.29) is 17.0 Å². The van der Waals surface area contributed by atoms with Gasteiger partial charge in [0.2, 0.25) is 11.5 Å². The summed E-state index contributed by atoms with van der Waals surface area (Å²) in [6.07, 6.45) is 6.25. The van der Waals surface area contributed by atoms with Gasteiger partial charge in [-0.15, -0.1) is 10.2 Å². The number of thiazole rings is 1. The number of benzene rings is 2. The smallest absolute Gasteiger partial charge is 0.243 e. The van der Waals surface area contributed by atoms with Gasteiger partial charge < -0.3 is 21.9 Å². The van der Waals surface area contributed by atoms with Gasteiger partial charge in [-0.1, -0.05) is 23.5 Å². The number of halogens is 1. The quantitative estimate of drug-likeness (QED) is 0.305. The number of para-hydroxylation sites is 1. The molecular weight excluding hydrogens is 448 g/mol. The lowest BCUT2D eigenvalue weighted by atomic mass is 10.2. The van der Waals surface area contributed by atoms with Crippen molar-refractivity contribution in [2.45, 2.75) is 13.5 Å². The summed E-state index contributed by atoms with van der Waals surface area (Å²) in [6, 6.07) is 16.3. The highest BCUT2D eigenvalue weighted by Gasteiger charge is 2.07. The van der Waals surface area contributed by atoms with Gasteiger partial charge >= 0.3 is 0 Å². The Morgan fingerprint density at radius 3 is 2.59 bits per heavy atom. The maximum Gasteiger partial charge on any atom is 0.243 e. The van der Waals surface area contributed by atoms with E-state index in [9.17, 15) is 0 Å². The van der Waals surface area contributed by atoms with Gasteiger partial charge in [0.15, 0.2) is 0 Å². The summed E-state index contributed by atoms with van der Waals surface area (Å²) in [7, 11) is 2.04. The van der Waals surface area contributed by atoms with Gasteiger partial charge in [0.1, 0.15) is 18.9 Å². The van der Waals surface area contributed by atoms with E-state index in [1.807, 2.05) is 43.4 Å². The Hall–Kier alpha value is -2.58. The van der Waals surface area contributed by atoms with E-state index in [2.05, 4.69) is 67.0 Å². The largest absolute Gasteiger partial charge is 1.00 e. The Morgan fingerprint density at radius 2 is 1.90 bits per heavy atom. The molecule has 29 heavy (non-hydrogen) atoms. The third kappa shape index (κ3) is 5.27. The number of aromatic nitrogens is 3. The van der Waals surface area contributed by atoms with Crippen molar-refractivity contribution >= 4 is 38.1 Å². The van der Waals surface area contributed by atoms with Crippen LogP contribution in [0.25, 0.3) is 10.2 Å². The molecule has 0 saturated heterocycles. The monoisotopic (exact) mass is 470 g/mol. The fraction of sp³-hybridized carbons (Fsp3) is 0.238. The Morgan fingerprint density at radius 1 is 1.10 bits per heavy atom. The van der Waals surface area contributed by atoms with E-state index in [0.29, 0.717) is 5.13 Å². The maximum absolute atomic E-state index is 4.49. The van der Waals surface area contributed by atoms with Gasteiger partial charge in [0.05, 0.1) is 29.5 Å². The summed E-state index contributed by atoms with van der Waals surface area (Å²) >= 11 is 1.55. The number of imidazole rings is 1. The average Bonchev–Trinajstić information content (AvgIpc) is 3.33. The lowest BCUT2D eigenvalue weighted by molar-refractivity contribution is -0.671. The Kier molecular flexibility index (Phi) is 7.11. The molecule has 0 unspecified atom stereocenters. The molecule has 6 nitrogen and oxygen atoms in total. The van der Waals surface area contributed by atoms with Crippen LogP contribution in [0.3, 0.4) is 0 Å². The Bertz CT molecular complexity index is 1050. The van der Waals surface area contributed by atoms with Crippen LogP contribution >= 0.6 is 11.3 Å². The first-order valence-electron chi connectivity index (χ1n) is 9.34. The van der Waals surface area contributed by atoms with E-state index < -0.39 is 0 Å². The number of hydrogen-bond acceptors (Lipinski definition) is 5. The van der Waals surface area contributed by atoms with Gasteiger partial charge in [-0.3, -0.25) is 0 Å². The van der Waals surface area contributed by atoms with E-state index in [1.165, 1.54) is 5.69 Å². The number of fused-ring (bicyclic) bond motifs is 1. The van der Waals surface area contributed by atoms with Crippen molar-refractivity contribution in [2.75, 3.05) is 18.0 Å². The van der Waals surface area contributed by atoms with Crippen molar-refractivity contribution in [3.05, 3.63) is 67.3 Å². The number of likely N-dealkylation sites (N-methyl/N-ethyl adjacent to an activating group) is 1. The van der Waals surface area contributed by atoms with Crippen molar-refractivity contribution in [2.24, 2.45) is 17.3 Å². The zero-order valence-electron chi connectivity index (χ0n) is 16.4. The number of rotatable bonds is 7. The van der Waals surface area contributed by atoms with Crippen LogP contribution in [0.15, 0.2) is 77.5 Å². The van der Waals surface area contributed by atoms with Crippen LogP contribution in [-0.2, 0) is 13.6 Å². The molecule has 2 aromatic heterocycles. The minimum Gasteiger partial charge on any atom is -1.00 e. The molecule has 0 N–H and O–H groups in total. The van der Waals surface area contributed by atoms with Gasteiger partial charge in [0.25, 0.3) is 0 Å². The minimum absolute atomic E-state index is 0. The van der Waals surface area contributed by atoms with Crippen molar-refractivity contribution in [1.29, 1.82) is 0 Å². The van der Waals surface area contributed by atoms with Crippen LogP contribution in [0.4, 0.5) is 16.5 Å². The molecule has 4 aromatic rings. The molecule has 0 bridgehead atoms. The predicted molar refractivity (Wildman–Crippen MR) is 114 cm³/mol. The zero-order chi connectivity index (χ0) is 19.3. The molecule has 0 radical (unpaired) electrons. The summed E-state index contributed by atoms with van der Waals surface area (Å²) in [5, 5.41) is 9.32. The van der Waals surface area contributed by atoms with Crippen molar-refractivity contribution in [3.63, 3.8) is 0 Å².